The van der Waals surface area contributed by atoms with Crippen LogP contribution < -0.4 is 21.1 Å². The van der Waals surface area contributed by atoms with E-state index in [0.717, 1.165) is 18.4 Å². The summed E-state index contributed by atoms with van der Waals surface area (Å²) in [7, 11) is 0. The number of anilines is 1. The van der Waals surface area contributed by atoms with Gasteiger partial charge >= 0.3 is 0 Å². The number of piperazine rings is 1. The number of hydrogen-bond acceptors (Lipinski definition) is 7. The van der Waals surface area contributed by atoms with Crippen molar-refractivity contribution in [2.75, 3.05) is 25.4 Å². The molecule has 2 aromatic carbocycles. The van der Waals surface area contributed by atoms with Gasteiger partial charge in [-0.2, -0.15) is 5.10 Å². The number of nitrogens with zero attached hydrogens (tertiary/aromatic N) is 3. The molecule has 1 aliphatic carbocycles. The maximum absolute atomic E-state index is 13.4. The van der Waals surface area contributed by atoms with E-state index in [-0.39, 0.29) is 53.7 Å². The molecule has 2 unspecified atom stereocenters. The van der Waals surface area contributed by atoms with Gasteiger partial charge < -0.3 is 26.0 Å². The summed E-state index contributed by atoms with van der Waals surface area (Å²) in [5.74, 6) is 0.0337. The molecule has 204 valence electrons. The van der Waals surface area contributed by atoms with Crippen molar-refractivity contribution in [1.82, 2.24) is 25.3 Å². The maximum atomic E-state index is 13.4. The Labute approximate surface area is 227 Å². The molecular formula is C29H34N6O4. The molecule has 0 spiro atoms. The van der Waals surface area contributed by atoms with Crippen LogP contribution in [0, 0.1) is 6.92 Å². The third kappa shape index (κ3) is 5.96. The van der Waals surface area contributed by atoms with Gasteiger partial charge in [-0.15, -0.1) is 0 Å². The van der Waals surface area contributed by atoms with Crippen LogP contribution >= 0.6 is 0 Å². The lowest BCUT2D eigenvalue weighted by atomic mass is 10.1. The molecule has 10 heteroatoms. The summed E-state index contributed by atoms with van der Waals surface area (Å²) in [4.78, 5) is 40.4. The number of ether oxygens (including phenoxy) is 1. The van der Waals surface area contributed by atoms with Crippen LogP contribution in [0.15, 0.2) is 48.7 Å². The van der Waals surface area contributed by atoms with Crippen LogP contribution in [0.1, 0.15) is 58.5 Å². The number of carbonyl (C=O) groups excluding carboxylic acids is 3. The molecule has 1 saturated heterocycles. The summed E-state index contributed by atoms with van der Waals surface area (Å²) in [6, 6.07) is 12.7. The number of nitrogen functional groups attached to an aromatic ring is 1. The van der Waals surface area contributed by atoms with Crippen LogP contribution in [0.4, 0.5) is 5.82 Å². The van der Waals surface area contributed by atoms with Gasteiger partial charge in [0.25, 0.3) is 11.8 Å². The number of benzene rings is 2. The summed E-state index contributed by atoms with van der Waals surface area (Å²) >= 11 is 0. The minimum Gasteiger partial charge on any atom is -0.484 e. The van der Waals surface area contributed by atoms with E-state index in [1.807, 2.05) is 26.8 Å². The monoisotopic (exact) mass is 530 g/mol. The lowest BCUT2D eigenvalue weighted by molar-refractivity contribution is -0.135. The predicted octanol–water partition coefficient (Wildman–Crippen LogP) is 2.47. The molecule has 1 saturated carbocycles. The average Bonchev–Trinajstić information content (AvgIpc) is 3.65. The number of nitrogens with one attached hydrogen (secondary N) is 2. The molecule has 1 aromatic heterocycles. The summed E-state index contributed by atoms with van der Waals surface area (Å²) < 4.78 is 7.23. The maximum Gasteiger partial charge on any atom is 0.260 e. The highest BCUT2D eigenvalue weighted by Gasteiger charge is 2.26. The highest BCUT2D eigenvalue weighted by Crippen LogP contribution is 2.25. The number of amides is 2. The van der Waals surface area contributed by atoms with Gasteiger partial charge in [-0.3, -0.25) is 14.4 Å². The van der Waals surface area contributed by atoms with Crippen LogP contribution in [0.3, 0.4) is 0 Å². The zero-order chi connectivity index (χ0) is 27.7. The average molecular weight is 531 g/mol. The Morgan fingerprint density at radius 3 is 2.54 bits per heavy atom. The van der Waals surface area contributed by atoms with Crippen LogP contribution in [0.5, 0.6) is 5.75 Å². The lowest BCUT2D eigenvalue weighted by Crippen LogP contribution is -2.56. The van der Waals surface area contributed by atoms with Gasteiger partial charge in [0.05, 0.1) is 17.4 Å². The Balaban J connectivity index is 1.30. The second kappa shape index (κ2) is 10.9. The molecular weight excluding hydrogens is 496 g/mol. The molecule has 39 heavy (non-hydrogen) atoms. The van der Waals surface area contributed by atoms with E-state index in [0.29, 0.717) is 35.7 Å². The normalized spacial score (nSPS) is 19.0. The molecule has 3 aromatic rings. The van der Waals surface area contributed by atoms with Crippen molar-refractivity contribution in [2.24, 2.45) is 0 Å². The van der Waals surface area contributed by atoms with E-state index < -0.39 is 0 Å². The zero-order valence-corrected chi connectivity index (χ0v) is 22.4. The van der Waals surface area contributed by atoms with E-state index in [1.54, 1.807) is 41.3 Å². The number of rotatable bonds is 8. The van der Waals surface area contributed by atoms with Gasteiger partial charge in [0.2, 0.25) is 0 Å². The largest absolute Gasteiger partial charge is 0.484 e. The summed E-state index contributed by atoms with van der Waals surface area (Å²) in [5.41, 5.74) is 8.99. The van der Waals surface area contributed by atoms with Crippen molar-refractivity contribution in [3.63, 3.8) is 0 Å². The van der Waals surface area contributed by atoms with E-state index in [9.17, 15) is 14.4 Å². The molecule has 2 amide bonds. The van der Waals surface area contributed by atoms with E-state index >= 15 is 0 Å². The summed E-state index contributed by atoms with van der Waals surface area (Å²) in [6.45, 7) is 7.13. The lowest BCUT2D eigenvalue weighted by Gasteiger charge is -2.36. The van der Waals surface area contributed by atoms with Crippen molar-refractivity contribution in [1.29, 1.82) is 0 Å². The molecule has 4 N–H and O–H groups in total. The molecule has 5 rings (SSSR count). The van der Waals surface area contributed by atoms with Gasteiger partial charge in [0.15, 0.2) is 12.4 Å². The Bertz CT molecular complexity index is 1400. The van der Waals surface area contributed by atoms with Gasteiger partial charge in [-0.25, -0.2) is 4.68 Å². The first-order valence-electron chi connectivity index (χ1n) is 13.3. The number of aryl methyl sites for hydroxylation is 1. The SMILES string of the molecule is Cc1ccc(C(=O)NC2CC2)cc1-n1ncc(C(=O)c2cccc(OCC(=O)N3CC(C)NC(C)C3)c2)c1N. The fraction of sp³-hybridized carbons (Fsp3) is 0.379. The Kier molecular flexibility index (Phi) is 7.38. The van der Waals surface area contributed by atoms with Crippen molar-refractivity contribution in [3.8, 4) is 11.4 Å². The molecule has 2 heterocycles. The zero-order valence-electron chi connectivity index (χ0n) is 22.4. The first kappa shape index (κ1) is 26.4. The molecule has 2 aliphatic rings. The van der Waals surface area contributed by atoms with Gasteiger partial charge in [0, 0.05) is 42.3 Å². The Hall–Kier alpha value is -4.18. The highest BCUT2D eigenvalue weighted by atomic mass is 16.5. The van der Waals surface area contributed by atoms with Gasteiger partial charge in [-0.05, 0) is 63.4 Å². The highest BCUT2D eigenvalue weighted by molar-refractivity contribution is 6.12. The quantitative estimate of drug-likeness (QED) is 0.381. The Morgan fingerprint density at radius 2 is 1.82 bits per heavy atom. The van der Waals surface area contributed by atoms with Gasteiger partial charge in [-0.1, -0.05) is 18.2 Å². The number of carbonyl (C=O) groups is 3. The van der Waals surface area contributed by atoms with Crippen molar-refractivity contribution in [2.45, 2.75) is 51.7 Å². The van der Waals surface area contributed by atoms with Crippen LogP contribution in [-0.4, -0.2) is 70.1 Å². The molecule has 0 radical (unpaired) electrons. The van der Waals surface area contributed by atoms with E-state index in [1.165, 1.54) is 10.9 Å². The first-order chi connectivity index (χ1) is 18.7. The van der Waals surface area contributed by atoms with E-state index in [4.69, 9.17) is 10.5 Å². The first-order valence-corrected chi connectivity index (χ1v) is 13.3. The van der Waals surface area contributed by atoms with Crippen LogP contribution in [0.2, 0.25) is 0 Å². The Morgan fingerprint density at radius 1 is 1.08 bits per heavy atom. The fourth-order valence-corrected chi connectivity index (χ4v) is 4.85. The van der Waals surface area contributed by atoms with E-state index in [2.05, 4.69) is 15.7 Å². The number of hydrogen-bond donors (Lipinski definition) is 3. The topological polar surface area (TPSA) is 132 Å². The second-order valence-electron chi connectivity index (χ2n) is 10.5. The van der Waals surface area contributed by atoms with Crippen LogP contribution in [-0.2, 0) is 4.79 Å². The van der Waals surface area contributed by atoms with Crippen molar-refractivity contribution < 1.29 is 19.1 Å². The van der Waals surface area contributed by atoms with Crippen LogP contribution in [0.25, 0.3) is 5.69 Å². The number of ketones is 1. The predicted molar refractivity (Wildman–Crippen MR) is 147 cm³/mol. The van der Waals surface area contributed by atoms with Crippen molar-refractivity contribution in [3.05, 3.63) is 70.9 Å². The molecule has 1 aliphatic heterocycles. The molecule has 2 fully saturated rings. The minimum absolute atomic E-state index is 0.0964. The summed E-state index contributed by atoms with van der Waals surface area (Å²) in [5, 5.41) is 10.7. The van der Waals surface area contributed by atoms with Crippen molar-refractivity contribution >= 4 is 23.4 Å². The third-order valence-electron chi connectivity index (χ3n) is 7.03. The second-order valence-corrected chi connectivity index (χ2v) is 10.5. The smallest absolute Gasteiger partial charge is 0.260 e. The number of aromatic nitrogens is 2. The van der Waals surface area contributed by atoms with Gasteiger partial charge in [0.1, 0.15) is 11.6 Å². The standard InChI is InChI=1S/C29H34N6O4/c1-17-7-8-21(29(38)33-22-9-10-22)12-25(17)35-28(30)24(13-31-35)27(37)20-5-4-6-23(11-20)39-16-26(36)34-14-18(2)32-19(3)15-34/h4-8,11-13,18-19,22,32H,9-10,14-16,30H2,1-3H3,(H,33,38). The molecule has 0 bridgehead atoms. The molecule has 2 atom stereocenters. The fourth-order valence-electron chi connectivity index (χ4n) is 4.85. The summed E-state index contributed by atoms with van der Waals surface area (Å²) in [6.07, 6.45) is 3.43. The number of nitrogens with two attached hydrogens (primary N) is 1. The minimum atomic E-state index is -0.319. The molecule has 10 nitrogen and oxygen atoms in total. The third-order valence-corrected chi connectivity index (χ3v) is 7.03.